The Labute approximate surface area is 94.4 Å². The van der Waals surface area contributed by atoms with Gasteiger partial charge in [0.05, 0.1) is 0 Å². The summed E-state index contributed by atoms with van der Waals surface area (Å²) in [5.41, 5.74) is 0. The van der Waals surface area contributed by atoms with E-state index in [9.17, 15) is 0 Å². The minimum Gasteiger partial charge on any atom is -0.316 e. The second-order valence-corrected chi connectivity index (χ2v) is 5.34. The van der Waals surface area contributed by atoms with E-state index in [4.69, 9.17) is 0 Å². The molecule has 0 aromatic heterocycles. The lowest BCUT2D eigenvalue weighted by atomic mass is 9.85. The molecule has 88 valence electrons. The van der Waals surface area contributed by atoms with Crippen LogP contribution in [0.1, 0.15) is 39.0 Å². The van der Waals surface area contributed by atoms with E-state index in [0.717, 1.165) is 11.8 Å². The Morgan fingerprint density at radius 3 is 2.60 bits per heavy atom. The SMILES string of the molecule is CCN(CCC1CCNC1)CC1CCC1. The van der Waals surface area contributed by atoms with Crippen LogP contribution >= 0.6 is 0 Å². The topological polar surface area (TPSA) is 15.3 Å². The van der Waals surface area contributed by atoms with E-state index in [-0.39, 0.29) is 0 Å². The molecule has 2 aliphatic rings. The minimum atomic E-state index is 0.959. The molecule has 0 spiro atoms. The molecule has 1 saturated carbocycles. The predicted molar refractivity (Wildman–Crippen MR) is 65.0 cm³/mol. The van der Waals surface area contributed by atoms with Crippen LogP contribution in [0.15, 0.2) is 0 Å². The fourth-order valence-electron chi connectivity index (χ4n) is 2.75. The zero-order valence-corrected chi connectivity index (χ0v) is 10.2. The smallest absolute Gasteiger partial charge is 0.000954 e. The molecule has 1 aliphatic heterocycles. The highest BCUT2D eigenvalue weighted by Crippen LogP contribution is 2.27. The summed E-state index contributed by atoms with van der Waals surface area (Å²) in [6.07, 6.45) is 7.27. The van der Waals surface area contributed by atoms with E-state index in [1.165, 1.54) is 64.8 Å². The average molecular weight is 210 g/mol. The first-order valence-electron chi connectivity index (χ1n) is 6.81. The van der Waals surface area contributed by atoms with Gasteiger partial charge in [-0.05, 0) is 63.7 Å². The van der Waals surface area contributed by atoms with Crippen molar-refractivity contribution < 1.29 is 0 Å². The summed E-state index contributed by atoms with van der Waals surface area (Å²) in [6.45, 7) is 8.78. The van der Waals surface area contributed by atoms with Gasteiger partial charge < -0.3 is 10.2 Å². The van der Waals surface area contributed by atoms with Gasteiger partial charge in [0, 0.05) is 6.54 Å². The average Bonchev–Trinajstić information content (AvgIpc) is 2.68. The summed E-state index contributed by atoms with van der Waals surface area (Å²) in [5.74, 6) is 1.99. The molecule has 2 nitrogen and oxygen atoms in total. The van der Waals surface area contributed by atoms with E-state index in [2.05, 4.69) is 17.1 Å². The van der Waals surface area contributed by atoms with Crippen molar-refractivity contribution in [2.45, 2.75) is 39.0 Å². The Balaban J connectivity index is 1.60. The highest BCUT2D eigenvalue weighted by atomic mass is 15.1. The van der Waals surface area contributed by atoms with Crippen LogP contribution in [0.2, 0.25) is 0 Å². The van der Waals surface area contributed by atoms with Gasteiger partial charge in [-0.1, -0.05) is 13.3 Å². The second kappa shape index (κ2) is 5.86. The van der Waals surface area contributed by atoms with Crippen LogP contribution < -0.4 is 5.32 Å². The summed E-state index contributed by atoms with van der Waals surface area (Å²) in [6, 6.07) is 0. The molecule has 0 aromatic rings. The van der Waals surface area contributed by atoms with Crippen molar-refractivity contribution in [1.82, 2.24) is 10.2 Å². The highest BCUT2D eigenvalue weighted by Gasteiger charge is 2.21. The largest absolute Gasteiger partial charge is 0.316 e. The van der Waals surface area contributed by atoms with Crippen molar-refractivity contribution in [2.24, 2.45) is 11.8 Å². The van der Waals surface area contributed by atoms with Crippen LogP contribution in [0.5, 0.6) is 0 Å². The van der Waals surface area contributed by atoms with E-state index in [0.29, 0.717) is 0 Å². The molecule has 1 saturated heterocycles. The van der Waals surface area contributed by atoms with E-state index < -0.39 is 0 Å². The first-order valence-corrected chi connectivity index (χ1v) is 6.81. The Morgan fingerprint density at radius 2 is 2.07 bits per heavy atom. The summed E-state index contributed by atoms with van der Waals surface area (Å²) in [5, 5.41) is 3.46. The van der Waals surface area contributed by atoms with Gasteiger partial charge >= 0.3 is 0 Å². The van der Waals surface area contributed by atoms with Crippen LogP contribution in [0.25, 0.3) is 0 Å². The Hall–Kier alpha value is -0.0800. The summed E-state index contributed by atoms with van der Waals surface area (Å²) in [7, 11) is 0. The molecule has 1 aliphatic carbocycles. The zero-order valence-electron chi connectivity index (χ0n) is 10.2. The number of nitrogens with zero attached hydrogens (tertiary/aromatic N) is 1. The van der Waals surface area contributed by atoms with E-state index in [1.807, 2.05) is 0 Å². The van der Waals surface area contributed by atoms with Gasteiger partial charge in [-0.2, -0.15) is 0 Å². The van der Waals surface area contributed by atoms with E-state index >= 15 is 0 Å². The highest BCUT2D eigenvalue weighted by molar-refractivity contribution is 4.76. The number of nitrogens with one attached hydrogen (secondary N) is 1. The third-order valence-corrected chi connectivity index (χ3v) is 4.20. The molecule has 0 radical (unpaired) electrons. The second-order valence-electron chi connectivity index (χ2n) is 5.34. The van der Waals surface area contributed by atoms with Crippen molar-refractivity contribution in [2.75, 3.05) is 32.7 Å². The summed E-state index contributed by atoms with van der Waals surface area (Å²) < 4.78 is 0. The normalized spacial score (nSPS) is 27.2. The molecule has 2 fully saturated rings. The molecule has 0 aromatic carbocycles. The van der Waals surface area contributed by atoms with Crippen molar-refractivity contribution in [1.29, 1.82) is 0 Å². The molecular weight excluding hydrogens is 184 g/mol. The van der Waals surface area contributed by atoms with Gasteiger partial charge in [0.1, 0.15) is 0 Å². The molecule has 1 atom stereocenters. The molecule has 2 heteroatoms. The van der Waals surface area contributed by atoms with Crippen molar-refractivity contribution in [3.05, 3.63) is 0 Å². The molecule has 15 heavy (non-hydrogen) atoms. The van der Waals surface area contributed by atoms with Crippen molar-refractivity contribution >= 4 is 0 Å². The third kappa shape index (κ3) is 3.46. The summed E-state index contributed by atoms with van der Waals surface area (Å²) >= 11 is 0. The Morgan fingerprint density at radius 1 is 1.20 bits per heavy atom. The fourth-order valence-corrected chi connectivity index (χ4v) is 2.75. The number of hydrogen-bond donors (Lipinski definition) is 1. The van der Waals surface area contributed by atoms with Crippen LogP contribution in [-0.2, 0) is 0 Å². The fraction of sp³-hybridized carbons (Fsp3) is 1.00. The molecule has 0 bridgehead atoms. The maximum absolute atomic E-state index is 3.46. The Kier molecular flexibility index (Phi) is 4.45. The molecule has 2 rings (SSSR count). The first kappa shape index (κ1) is 11.4. The maximum atomic E-state index is 3.46. The lowest BCUT2D eigenvalue weighted by Crippen LogP contribution is -2.34. The van der Waals surface area contributed by atoms with Crippen LogP contribution in [0.4, 0.5) is 0 Å². The minimum absolute atomic E-state index is 0.959. The van der Waals surface area contributed by atoms with Gasteiger partial charge in [-0.25, -0.2) is 0 Å². The first-order chi connectivity index (χ1) is 7.38. The third-order valence-electron chi connectivity index (χ3n) is 4.20. The van der Waals surface area contributed by atoms with E-state index in [1.54, 1.807) is 0 Å². The van der Waals surface area contributed by atoms with Crippen molar-refractivity contribution in [3.8, 4) is 0 Å². The number of rotatable bonds is 6. The number of hydrogen-bond acceptors (Lipinski definition) is 2. The lowest BCUT2D eigenvalue weighted by Gasteiger charge is -2.32. The van der Waals surface area contributed by atoms with Crippen molar-refractivity contribution in [3.63, 3.8) is 0 Å². The monoisotopic (exact) mass is 210 g/mol. The molecule has 0 amide bonds. The summed E-state index contributed by atoms with van der Waals surface area (Å²) in [4.78, 5) is 2.67. The molecule has 1 N–H and O–H groups in total. The van der Waals surface area contributed by atoms with Crippen LogP contribution in [0, 0.1) is 11.8 Å². The standard InChI is InChI=1S/C13H26N2/c1-2-15(11-13-4-3-5-13)9-7-12-6-8-14-10-12/h12-14H,2-11H2,1H3. The van der Waals surface area contributed by atoms with Gasteiger partial charge in [0.2, 0.25) is 0 Å². The zero-order chi connectivity index (χ0) is 10.5. The maximum Gasteiger partial charge on any atom is 0.000954 e. The van der Waals surface area contributed by atoms with Gasteiger partial charge in [0.25, 0.3) is 0 Å². The lowest BCUT2D eigenvalue weighted by molar-refractivity contribution is 0.176. The van der Waals surface area contributed by atoms with Crippen LogP contribution in [0.3, 0.4) is 0 Å². The predicted octanol–water partition coefficient (Wildman–Crippen LogP) is 2.11. The molecular formula is C13H26N2. The van der Waals surface area contributed by atoms with Gasteiger partial charge in [-0.3, -0.25) is 0 Å². The molecule has 1 heterocycles. The Bertz CT molecular complexity index is 171. The molecule has 1 unspecified atom stereocenters. The van der Waals surface area contributed by atoms with Gasteiger partial charge in [-0.15, -0.1) is 0 Å². The van der Waals surface area contributed by atoms with Gasteiger partial charge in [0.15, 0.2) is 0 Å². The van der Waals surface area contributed by atoms with Crippen LogP contribution in [-0.4, -0.2) is 37.6 Å². The quantitative estimate of drug-likeness (QED) is 0.722.